The van der Waals surface area contributed by atoms with Gasteiger partial charge in [-0.05, 0) is 24.3 Å². The fourth-order valence-corrected chi connectivity index (χ4v) is 2.52. The number of ether oxygens (including phenoxy) is 1. The van der Waals surface area contributed by atoms with Gasteiger partial charge in [-0.25, -0.2) is 0 Å². The van der Waals surface area contributed by atoms with Gasteiger partial charge in [0.1, 0.15) is 5.75 Å². The molecule has 0 aliphatic carbocycles. The van der Waals surface area contributed by atoms with Gasteiger partial charge in [-0.3, -0.25) is 9.59 Å². The molecule has 0 radical (unpaired) electrons. The third-order valence-electron chi connectivity index (χ3n) is 3.02. The summed E-state index contributed by atoms with van der Waals surface area (Å²) in [5.41, 5.74) is 0.893. The molecule has 0 atom stereocenters. The van der Waals surface area contributed by atoms with Gasteiger partial charge in [-0.15, -0.1) is 0 Å². The Morgan fingerprint density at radius 2 is 1.62 bits per heavy atom. The minimum absolute atomic E-state index is 0.188. The minimum Gasteiger partial charge on any atom is -0.496 e. The molecule has 0 fully saturated rings. The molecule has 0 saturated carbocycles. The normalized spacial score (nSPS) is 10.2. The average Bonchev–Trinajstić information content (AvgIpc) is 2.52. The number of hydrogen-bond acceptors (Lipinski definition) is 3. The Morgan fingerprint density at radius 3 is 2.25 bits per heavy atom. The number of nitrogens with one attached hydrogen (secondary N) is 2. The molecular formula is C16H13Cl3N2O3. The highest BCUT2D eigenvalue weighted by molar-refractivity contribution is 6.36. The molecule has 0 bridgehead atoms. The lowest BCUT2D eigenvalue weighted by atomic mass is 10.1. The van der Waals surface area contributed by atoms with Crippen LogP contribution in [0.1, 0.15) is 17.3 Å². The molecular weight excluding hydrogens is 375 g/mol. The summed E-state index contributed by atoms with van der Waals surface area (Å²) in [5.74, 6) is -0.520. The fourth-order valence-electron chi connectivity index (χ4n) is 1.97. The van der Waals surface area contributed by atoms with Crippen LogP contribution in [0, 0.1) is 0 Å². The molecule has 126 valence electrons. The second-order valence-corrected chi connectivity index (χ2v) is 6.04. The van der Waals surface area contributed by atoms with E-state index >= 15 is 0 Å². The van der Waals surface area contributed by atoms with E-state index in [0.29, 0.717) is 21.4 Å². The Bertz CT molecular complexity index is 809. The van der Waals surface area contributed by atoms with E-state index in [1.807, 2.05) is 0 Å². The maximum Gasteiger partial charge on any atom is 0.259 e. The van der Waals surface area contributed by atoms with E-state index in [9.17, 15) is 9.59 Å². The molecule has 0 heterocycles. The Balaban J connectivity index is 2.36. The lowest BCUT2D eigenvalue weighted by Gasteiger charge is -2.14. The van der Waals surface area contributed by atoms with Crippen LogP contribution in [0.3, 0.4) is 0 Å². The first kappa shape index (κ1) is 18.4. The van der Waals surface area contributed by atoms with Crippen LogP contribution in [0.25, 0.3) is 0 Å². The average molecular weight is 388 g/mol. The van der Waals surface area contributed by atoms with E-state index in [2.05, 4.69) is 10.6 Å². The highest BCUT2D eigenvalue weighted by atomic mass is 35.5. The summed E-state index contributed by atoms with van der Waals surface area (Å²) in [6.07, 6.45) is 0. The second kappa shape index (κ2) is 7.75. The van der Waals surface area contributed by atoms with Crippen molar-refractivity contribution in [2.45, 2.75) is 6.92 Å². The third-order valence-corrected chi connectivity index (χ3v) is 3.90. The van der Waals surface area contributed by atoms with Gasteiger partial charge in [0.05, 0.1) is 34.1 Å². The first-order valence-electron chi connectivity index (χ1n) is 6.73. The summed E-state index contributed by atoms with van der Waals surface area (Å²) in [6.45, 7) is 1.35. The van der Waals surface area contributed by atoms with Crippen molar-refractivity contribution in [3.63, 3.8) is 0 Å². The number of carbonyl (C=O) groups is 2. The summed E-state index contributed by atoms with van der Waals surface area (Å²) in [5, 5.41) is 6.18. The van der Waals surface area contributed by atoms with Crippen molar-refractivity contribution in [2.75, 3.05) is 17.7 Å². The molecule has 24 heavy (non-hydrogen) atoms. The van der Waals surface area contributed by atoms with Gasteiger partial charge in [-0.2, -0.15) is 0 Å². The highest BCUT2D eigenvalue weighted by Gasteiger charge is 2.17. The predicted octanol–water partition coefficient (Wildman–Crippen LogP) is 4.87. The number of rotatable bonds is 4. The quantitative estimate of drug-likeness (QED) is 0.787. The third kappa shape index (κ3) is 4.32. The number of halogens is 3. The largest absolute Gasteiger partial charge is 0.496 e. The van der Waals surface area contributed by atoms with Crippen LogP contribution < -0.4 is 15.4 Å². The predicted molar refractivity (Wildman–Crippen MR) is 96.7 cm³/mol. The van der Waals surface area contributed by atoms with Gasteiger partial charge >= 0.3 is 0 Å². The molecule has 2 rings (SSSR count). The molecule has 2 N–H and O–H groups in total. The molecule has 0 aliphatic rings. The Labute approximate surface area is 153 Å². The van der Waals surface area contributed by atoms with E-state index < -0.39 is 5.91 Å². The van der Waals surface area contributed by atoms with Crippen molar-refractivity contribution < 1.29 is 14.3 Å². The summed E-state index contributed by atoms with van der Waals surface area (Å²) >= 11 is 18.0. The zero-order chi connectivity index (χ0) is 17.9. The van der Waals surface area contributed by atoms with Gasteiger partial charge in [0.15, 0.2) is 0 Å². The lowest BCUT2D eigenvalue weighted by Crippen LogP contribution is -2.14. The summed E-state index contributed by atoms with van der Waals surface area (Å²) < 4.78 is 5.21. The zero-order valence-electron chi connectivity index (χ0n) is 12.7. The van der Waals surface area contributed by atoms with Crippen LogP contribution in [0.4, 0.5) is 11.4 Å². The Morgan fingerprint density at radius 1 is 0.958 bits per heavy atom. The molecule has 0 saturated heterocycles. The van der Waals surface area contributed by atoms with Crippen molar-refractivity contribution in [1.29, 1.82) is 0 Å². The number of amides is 2. The molecule has 2 aromatic rings. The number of benzene rings is 2. The lowest BCUT2D eigenvalue weighted by molar-refractivity contribution is -0.114. The second-order valence-electron chi connectivity index (χ2n) is 4.79. The molecule has 0 spiro atoms. The number of hydrogen-bond donors (Lipinski definition) is 2. The van der Waals surface area contributed by atoms with Gasteiger partial charge in [0.25, 0.3) is 5.91 Å². The molecule has 0 unspecified atom stereocenters. The highest BCUT2D eigenvalue weighted by Crippen LogP contribution is 2.32. The maximum atomic E-state index is 12.5. The van der Waals surface area contributed by atoms with Crippen LogP contribution in [-0.2, 0) is 4.79 Å². The topological polar surface area (TPSA) is 67.4 Å². The standard InChI is InChI=1S/C16H13Cl3N2O3/c1-8(22)20-14-7-15(24-2)10(6-12(14)19)16(23)21-13-5-9(17)3-4-11(13)18/h3-7H,1-2H3,(H,20,22)(H,21,23). The van der Waals surface area contributed by atoms with E-state index in [-0.39, 0.29) is 22.2 Å². The van der Waals surface area contributed by atoms with E-state index in [1.54, 1.807) is 12.1 Å². The number of carbonyl (C=O) groups excluding carboxylic acids is 2. The molecule has 5 nitrogen and oxygen atoms in total. The zero-order valence-corrected chi connectivity index (χ0v) is 15.0. The van der Waals surface area contributed by atoms with Gasteiger partial charge in [0.2, 0.25) is 5.91 Å². The molecule has 2 amide bonds. The Kier molecular flexibility index (Phi) is 5.94. The van der Waals surface area contributed by atoms with Gasteiger partial charge < -0.3 is 15.4 Å². The number of anilines is 2. The van der Waals surface area contributed by atoms with Crippen LogP contribution in [0.2, 0.25) is 15.1 Å². The van der Waals surface area contributed by atoms with Crippen molar-refractivity contribution in [3.05, 3.63) is 51.0 Å². The minimum atomic E-state index is -0.479. The van der Waals surface area contributed by atoms with Crippen molar-refractivity contribution in [2.24, 2.45) is 0 Å². The van der Waals surface area contributed by atoms with E-state index in [4.69, 9.17) is 39.5 Å². The van der Waals surface area contributed by atoms with E-state index in [0.717, 1.165) is 0 Å². The fraction of sp³-hybridized carbons (Fsp3) is 0.125. The summed E-state index contributed by atoms with van der Waals surface area (Å²) in [6, 6.07) is 7.59. The smallest absolute Gasteiger partial charge is 0.259 e. The monoisotopic (exact) mass is 386 g/mol. The van der Waals surface area contributed by atoms with Crippen LogP contribution in [0.15, 0.2) is 30.3 Å². The van der Waals surface area contributed by atoms with E-state index in [1.165, 1.54) is 32.2 Å². The molecule has 0 aliphatic heterocycles. The molecule has 0 aromatic heterocycles. The van der Waals surface area contributed by atoms with Gasteiger partial charge in [-0.1, -0.05) is 34.8 Å². The SMILES string of the molecule is COc1cc(NC(C)=O)c(Cl)cc1C(=O)Nc1cc(Cl)ccc1Cl. The maximum absolute atomic E-state index is 12.5. The van der Waals surface area contributed by atoms with Crippen LogP contribution in [0.5, 0.6) is 5.75 Å². The van der Waals surface area contributed by atoms with Crippen LogP contribution in [-0.4, -0.2) is 18.9 Å². The molecule has 2 aromatic carbocycles. The van der Waals surface area contributed by atoms with Crippen molar-refractivity contribution in [3.8, 4) is 5.75 Å². The first-order chi connectivity index (χ1) is 11.3. The van der Waals surface area contributed by atoms with Crippen LogP contribution >= 0.6 is 34.8 Å². The van der Waals surface area contributed by atoms with Crippen molar-refractivity contribution >= 4 is 58.0 Å². The van der Waals surface area contributed by atoms with Crippen molar-refractivity contribution in [1.82, 2.24) is 0 Å². The molecule has 8 heteroatoms. The summed E-state index contributed by atoms with van der Waals surface area (Å²) in [4.78, 5) is 23.7. The van der Waals surface area contributed by atoms with Gasteiger partial charge in [0, 0.05) is 18.0 Å². The summed E-state index contributed by atoms with van der Waals surface area (Å²) in [7, 11) is 1.41. The Hall–Kier alpha value is -1.95. The first-order valence-corrected chi connectivity index (χ1v) is 7.86. The number of methoxy groups -OCH3 is 1.